The quantitative estimate of drug-likeness (QED) is 0.557. The predicted molar refractivity (Wildman–Crippen MR) is 74.1 cm³/mol. The summed E-state index contributed by atoms with van der Waals surface area (Å²) in [5, 5.41) is 21.2. The molecule has 0 saturated carbocycles. The smallest absolute Gasteiger partial charge is 0.192 e. The van der Waals surface area contributed by atoms with E-state index in [0.29, 0.717) is 0 Å². The van der Waals surface area contributed by atoms with Gasteiger partial charge in [0.25, 0.3) is 0 Å². The lowest BCUT2D eigenvalue weighted by Crippen LogP contribution is -2.40. The molecule has 0 aromatic heterocycles. The van der Waals surface area contributed by atoms with Crippen molar-refractivity contribution < 1.29 is 10.2 Å². The van der Waals surface area contributed by atoms with Crippen LogP contribution in [0.25, 0.3) is 0 Å². The Morgan fingerprint density at radius 3 is 2.44 bits per heavy atom. The lowest BCUT2D eigenvalue weighted by Gasteiger charge is -2.34. The van der Waals surface area contributed by atoms with E-state index >= 15 is 0 Å². The first-order valence-electron chi connectivity index (χ1n) is 7.49. The van der Waals surface area contributed by atoms with Crippen molar-refractivity contribution in [2.75, 3.05) is 0 Å². The van der Waals surface area contributed by atoms with Gasteiger partial charge in [0.2, 0.25) is 0 Å². The molecule has 1 atom stereocenters. The molecule has 0 radical (unpaired) electrons. The fourth-order valence-electron chi connectivity index (χ4n) is 3.29. The number of hydrogen-bond donors (Lipinski definition) is 2. The predicted octanol–water partition coefficient (Wildman–Crippen LogP) is 3.69. The van der Waals surface area contributed by atoms with Crippen molar-refractivity contribution in [3.05, 3.63) is 23.3 Å². The molecule has 0 aromatic rings. The Hall–Kier alpha value is -0.600. The summed E-state index contributed by atoms with van der Waals surface area (Å²) >= 11 is 0. The van der Waals surface area contributed by atoms with Crippen molar-refractivity contribution >= 4 is 0 Å². The molecule has 0 aliphatic heterocycles. The fraction of sp³-hybridized carbons (Fsp3) is 0.750. The van der Waals surface area contributed by atoms with Crippen molar-refractivity contribution in [1.29, 1.82) is 0 Å². The Bertz CT molecular complexity index is 339. The first-order valence-corrected chi connectivity index (χ1v) is 7.49. The van der Waals surface area contributed by atoms with E-state index < -0.39 is 5.79 Å². The van der Waals surface area contributed by atoms with Gasteiger partial charge >= 0.3 is 0 Å². The Labute approximate surface area is 110 Å². The van der Waals surface area contributed by atoms with E-state index in [-0.39, 0.29) is 5.92 Å². The summed E-state index contributed by atoms with van der Waals surface area (Å²) in [4.78, 5) is 0. The van der Waals surface area contributed by atoms with Crippen molar-refractivity contribution in [3.63, 3.8) is 0 Å². The average molecular weight is 250 g/mol. The average Bonchev–Trinajstić information content (AvgIpc) is 3.02. The molecule has 2 rings (SSSR count). The zero-order valence-electron chi connectivity index (χ0n) is 11.5. The Morgan fingerprint density at radius 2 is 1.89 bits per heavy atom. The SMILES string of the molecule is CCCCC(C1=CCCC1)C(O)(O)C1=CCCC1. The van der Waals surface area contributed by atoms with E-state index in [1.807, 2.05) is 6.08 Å². The van der Waals surface area contributed by atoms with Gasteiger partial charge in [-0.15, -0.1) is 0 Å². The van der Waals surface area contributed by atoms with Gasteiger partial charge in [-0.25, -0.2) is 0 Å². The van der Waals surface area contributed by atoms with Gasteiger partial charge in [0.1, 0.15) is 0 Å². The zero-order chi connectivity index (χ0) is 13.0. The van der Waals surface area contributed by atoms with Crippen molar-refractivity contribution in [1.82, 2.24) is 0 Å². The molecule has 0 aromatic carbocycles. The van der Waals surface area contributed by atoms with E-state index in [2.05, 4.69) is 13.0 Å². The largest absolute Gasteiger partial charge is 0.362 e. The van der Waals surface area contributed by atoms with Crippen molar-refractivity contribution in [2.24, 2.45) is 5.92 Å². The van der Waals surface area contributed by atoms with Crippen LogP contribution in [0.5, 0.6) is 0 Å². The highest BCUT2D eigenvalue weighted by Crippen LogP contribution is 2.41. The van der Waals surface area contributed by atoms with Crippen LogP contribution in [0.2, 0.25) is 0 Å². The van der Waals surface area contributed by atoms with Gasteiger partial charge in [-0.3, -0.25) is 0 Å². The molecule has 18 heavy (non-hydrogen) atoms. The van der Waals surface area contributed by atoms with Gasteiger partial charge in [-0.1, -0.05) is 37.5 Å². The fourth-order valence-corrected chi connectivity index (χ4v) is 3.29. The third-order valence-corrected chi connectivity index (χ3v) is 4.37. The molecule has 2 aliphatic carbocycles. The highest BCUT2D eigenvalue weighted by molar-refractivity contribution is 5.25. The lowest BCUT2D eigenvalue weighted by molar-refractivity contribution is -0.163. The summed E-state index contributed by atoms with van der Waals surface area (Å²) in [7, 11) is 0. The van der Waals surface area contributed by atoms with Crippen LogP contribution in [-0.4, -0.2) is 16.0 Å². The summed E-state index contributed by atoms with van der Waals surface area (Å²) in [6.07, 6.45) is 13.6. The molecule has 2 nitrogen and oxygen atoms in total. The van der Waals surface area contributed by atoms with E-state index in [1.165, 1.54) is 12.0 Å². The minimum absolute atomic E-state index is 0.0794. The number of unbranched alkanes of at least 4 members (excludes halogenated alkanes) is 1. The molecule has 0 spiro atoms. The second kappa shape index (κ2) is 6.03. The molecule has 1 unspecified atom stereocenters. The highest BCUT2D eigenvalue weighted by Gasteiger charge is 2.40. The van der Waals surface area contributed by atoms with Gasteiger partial charge in [0.05, 0.1) is 0 Å². The Morgan fingerprint density at radius 1 is 1.17 bits per heavy atom. The van der Waals surface area contributed by atoms with Crippen molar-refractivity contribution in [3.8, 4) is 0 Å². The molecule has 0 heterocycles. The summed E-state index contributed by atoms with van der Waals surface area (Å²) < 4.78 is 0. The maximum atomic E-state index is 10.6. The molecule has 102 valence electrons. The summed E-state index contributed by atoms with van der Waals surface area (Å²) in [6, 6.07) is 0. The van der Waals surface area contributed by atoms with Crippen LogP contribution in [0.4, 0.5) is 0 Å². The second-order valence-electron chi connectivity index (χ2n) is 5.71. The van der Waals surface area contributed by atoms with Crippen LogP contribution in [0.3, 0.4) is 0 Å². The van der Waals surface area contributed by atoms with E-state index in [1.54, 1.807) is 0 Å². The van der Waals surface area contributed by atoms with Gasteiger partial charge in [0, 0.05) is 5.92 Å². The van der Waals surface area contributed by atoms with Gasteiger partial charge < -0.3 is 10.2 Å². The summed E-state index contributed by atoms with van der Waals surface area (Å²) in [5.41, 5.74) is 2.14. The molecule has 0 bridgehead atoms. The zero-order valence-corrected chi connectivity index (χ0v) is 11.5. The molecular formula is C16H26O2. The van der Waals surface area contributed by atoms with Gasteiger partial charge in [-0.2, -0.15) is 0 Å². The molecule has 0 amide bonds. The maximum absolute atomic E-state index is 10.6. The van der Waals surface area contributed by atoms with Crippen LogP contribution in [0.15, 0.2) is 23.3 Å². The number of aliphatic hydroxyl groups is 2. The summed E-state index contributed by atoms with van der Waals surface area (Å²) in [5.74, 6) is -1.67. The van der Waals surface area contributed by atoms with Crippen LogP contribution >= 0.6 is 0 Å². The summed E-state index contributed by atoms with van der Waals surface area (Å²) in [6.45, 7) is 2.16. The second-order valence-corrected chi connectivity index (χ2v) is 5.71. The van der Waals surface area contributed by atoms with Crippen LogP contribution < -0.4 is 0 Å². The Balaban J connectivity index is 2.15. The number of rotatable bonds is 6. The van der Waals surface area contributed by atoms with Crippen LogP contribution in [0, 0.1) is 5.92 Å². The molecule has 0 saturated heterocycles. The van der Waals surface area contributed by atoms with Gasteiger partial charge in [-0.05, 0) is 50.5 Å². The van der Waals surface area contributed by atoms with Crippen LogP contribution in [0.1, 0.15) is 64.7 Å². The first-order chi connectivity index (χ1) is 8.66. The van der Waals surface area contributed by atoms with Crippen molar-refractivity contribution in [2.45, 2.75) is 70.5 Å². The molecule has 2 N–H and O–H groups in total. The molecule has 0 fully saturated rings. The number of hydrogen-bond acceptors (Lipinski definition) is 2. The van der Waals surface area contributed by atoms with Crippen LogP contribution in [-0.2, 0) is 0 Å². The minimum atomic E-state index is -1.60. The third kappa shape index (κ3) is 2.86. The van der Waals surface area contributed by atoms with Gasteiger partial charge in [0.15, 0.2) is 5.79 Å². The highest BCUT2D eigenvalue weighted by atomic mass is 16.5. The molecule has 2 aliphatic rings. The molecule has 2 heteroatoms. The topological polar surface area (TPSA) is 40.5 Å². The normalized spacial score (nSPS) is 21.9. The number of allylic oxidation sites excluding steroid dienone is 2. The van der Waals surface area contributed by atoms with E-state index in [0.717, 1.165) is 56.9 Å². The molecular weight excluding hydrogens is 224 g/mol. The minimum Gasteiger partial charge on any atom is -0.362 e. The van der Waals surface area contributed by atoms with E-state index in [9.17, 15) is 10.2 Å². The first kappa shape index (κ1) is 13.8. The standard InChI is InChI=1S/C16H26O2/c1-2-3-12-15(13-8-4-5-9-13)16(17,18)14-10-6-7-11-14/h8,10,15,17-18H,2-7,9,11-12H2,1H3. The van der Waals surface area contributed by atoms with E-state index in [4.69, 9.17) is 0 Å². The Kier molecular flexibility index (Phi) is 4.63. The monoisotopic (exact) mass is 250 g/mol. The maximum Gasteiger partial charge on any atom is 0.192 e. The lowest BCUT2D eigenvalue weighted by atomic mass is 9.81. The third-order valence-electron chi connectivity index (χ3n) is 4.37.